The zero-order chi connectivity index (χ0) is 17.3. The Bertz CT molecular complexity index is 769. The Morgan fingerprint density at radius 1 is 1.04 bits per heavy atom. The monoisotopic (exact) mass is 325 g/mol. The summed E-state index contributed by atoms with van der Waals surface area (Å²) in [5.74, 6) is -0.585. The van der Waals surface area contributed by atoms with Crippen LogP contribution in [0.1, 0.15) is 33.2 Å². The third kappa shape index (κ3) is 3.09. The van der Waals surface area contributed by atoms with Crippen molar-refractivity contribution in [1.29, 1.82) is 0 Å². The smallest absolute Gasteiger partial charge is 0.254 e. The summed E-state index contributed by atoms with van der Waals surface area (Å²) in [6, 6.07) is 13.1. The molecule has 1 fully saturated rings. The minimum Gasteiger partial charge on any atom is -0.338 e. The second-order valence-corrected chi connectivity index (χ2v) is 6.48. The van der Waals surface area contributed by atoms with Gasteiger partial charge in [-0.25, -0.2) is 4.39 Å². The van der Waals surface area contributed by atoms with Crippen LogP contribution in [0.3, 0.4) is 0 Å². The number of nitrogens with zero attached hydrogens (tertiary/aromatic N) is 1. The molecule has 2 atom stereocenters. The van der Waals surface area contributed by atoms with E-state index in [1.165, 1.54) is 24.3 Å². The molecule has 4 heteroatoms. The molecule has 0 bridgehead atoms. The Morgan fingerprint density at radius 3 is 2.38 bits per heavy atom. The summed E-state index contributed by atoms with van der Waals surface area (Å²) in [7, 11) is 0. The largest absolute Gasteiger partial charge is 0.338 e. The molecule has 0 aromatic heterocycles. The summed E-state index contributed by atoms with van der Waals surface area (Å²) in [5.41, 5.74) is 2.11. The van der Waals surface area contributed by atoms with Crippen LogP contribution in [0.4, 0.5) is 4.39 Å². The first kappa shape index (κ1) is 16.4. The maximum atomic E-state index is 13.0. The number of hydrogen-bond acceptors (Lipinski definition) is 2. The van der Waals surface area contributed by atoms with E-state index in [9.17, 15) is 14.0 Å². The number of Topliss-reactive ketones (excluding diaryl/α,β-unsaturated/α-hetero) is 1. The molecule has 1 heterocycles. The fraction of sp³-hybridized carbons (Fsp3) is 0.300. The van der Waals surface area contributed by atoms with Crippen molar-refractivity contribution in [3.8, 4) is 0 Å². The second kappa shape index (κ2) is 6.56. The Morgan fingerprint density at radius 2 is 1.71 bits per heavy atom. The molecule has 0 radical (unpaired) electrons. The lowest BCUT2D eigenvalue weighted by atomic mass is 9.90. The quantitative estimate of drug-likeness (QED) is 0.807. The molecule has 1 saturated heterocycles. The predicted molar refractivity (Wildman–Crippen MR) is 90.5 cm³/mol. The molecule has 0 aliphatic carbocycles. The van der Waals surface area contributed by atoms with Gasteiger partial charge in [-0.05, 0) is 48.7 Å². The van der Waals surface area contributed by atoms with Crippen molar-refractivity contribution in [3.05, 3.63) is 71.0 Å². The second-order valence-electron chi connectivity index (χ2n) is 6.48. The molecule has 24 heavy (non-hydrogen) atoms. The van der Waals surface area contributed by atoms with E-state index < -0.39 is 0 Å². The maximum absolute atomic E-state index is 13.0. The summed E-state index contributed by atoms with van der Waals surface area (Å²) in [6.07, 6.45) is 0. The molecule has 124 valence electrons. The van der Waals surface area contributed by atoms with Crippen LogP contribution < -0.4 is 0 Å². The van der Waals surface area contributed by atoms with Crippen molar-refractivity contribution >= 4 is 11.7 Å². The first-order valence-corrected chi connectivity index (χ1v) is 8.12. The van der Waals surface area contributed by atoms with E-state index in [0.29, 0.717) is 24.2 Å². The highest BCUT2D eigenvalue weighted by atomic mass is 19.1. The molecule has 1 amide bonds. The summed E-state index contributed by atoms with van der Waals surface area (Å²) < 4.78 is 13.0. The van der Waals surface area contributed by atoms with Gasteiger partial charge in [-0.3, -0.25) is 9.59 Å². The standard InChI is InChI=1S/C20H20FNO2/c1-13-5-3-4-6-17(13)20(24)22-11-14(2)18(12-22)19(23)15-7-9-16(21)10-8-15/h3-10,14,18H,11-12H2,1-2H3/t14-,18?/m0/s1. The maximum Gasteiger partial charge on any atom is 0.254 e. The van der Waals surface area contributed by atoms with Crippen molar-refractivity contribution in [2.75, 3.05) is 13.1 Å². The van der Waals surface area contributed by atoms with E-state index in [1.807, 2.05) is 38.1 Å². The molecule has 2 aromatic carbocycles. The number of carbonyl (C=O) groups excluding carboxylic acids is 2. The molecule has 3 rings (SSSR count). The molecule has 1 aliphatic rings. The lowest BCUT2D eigenvalue weighted by Gasteiger charge is -2.17. The van der Waals surface area contributed by atoms with Gasteiger partial charge in [0.2, 0.25) is 0 Å². The Kier molecular flexibility index (Phi) is 4.47. The Hall–Kier alpha value is -2.49. The van der Waals surface area contributed by atoms with Crippen LogP contribution in [-0.4, -0.2) is 29.7 Å². The van der Waals surface area contributed by atoms with Gasteiger partial charge >= 0.3 is 0 Å². The van der Waals surface area contributed by atoms with E-state index in [-0.39, 0.29) is 29.3 Å². The van der Waals surface area contributed by atoms with Crippen LogP contribution in [0, 0.1) is 24.6 Å². The van der Waals surface area contributed by atoms with Gasteiger partial charge in [-0.1, -0.05) is 25.1 Å². The molecule has 0 saturated carbocycles. The number of halogens is 1. The minimum absolute atomic E-state index is 0.0254. The van der Waals surface area contributed by atoms with Crippen LogP contribution in [-0.2, 0) is 0 Å². The molecule has 0 N–H and O–H groups in total. The molecule has 3 nitrogen and oxygen atoms in total. The van der Waals surface area contributed by atoms with Crippen LogP contribution in [0.25, 0.3) is 0 Å². The van der Waals surface area contributed by atoms with Gasteiger partial charge < -0.3 is 4.90 Å². The number of rotatable bonds is 3. The molecule has 1 aliphatic heterocycles. The molecular weight excluding hydrogens is 305 g/mol. The van der Waals surface area contributed by atoms with Gasteiger partial charge in [0.15, 0.2) is 5.78 Å². The number of amides is 1. The molecule has 1 unspecified atom stereocenters. The highest BCUT2D eigenvalue weighted by Crippen LogP contribution is 2.28. The number of carbonyl (C=O) groups is 2. The Balaban J connectivity index is 1.77. The van der Waals surface area contributed by atoms with Crippen molar-refractivity contribution in [1.82, 2.24) is 4.90 Å². The first-order valence-electron chi connectivity index (χ1n) is 8.12. The van der Waals surface area contributed by atoms with Crippen LogP contribution in [0.2, 0.25) is 0 Å². The normalized spacial score (nSPS) is 20.2. The number of hydrogen-bond donors (Lipinski definition) is 0. The fourth-order valence-corrected chi connectivity index (χ4v) is 3.29. The number of likely N-dealkylation sites (tertiary alicyclic amines) is 1. The minimum atomic E-state index is -0.359. The average molecular weight is 325 g/mol. The zero-order valence-electron chi connectivity index (χ0n) is 13.8. The first-order chi connectivity index (χ1) is 11.5. The average Bonchev–Trinajstić information content (AvgIpc) is 2.96. The lowest BCUT2D eigenvalue weighted by Crippen LogP contribution is -2.30. The highest BCUT2D eigenvalue weighted by molar-refractivity contribution is 6.00. The van der Waals surface area contributed by atoms with Crippen LogP contribution >= 0.6 is 0 Å². The van der Waals surface area contributed by atoms with Crippen molar-refractivity contribution in [3.63, 3.8) is 0 Å². The Labute approximate surface area is 141 Å². The topological polar surface area (TPSA) is 37.4 Å². The third-order valence-electron chi connectivity index (χ3n) is 4.74. The van der Waals surface area contributed by atoms with Crippen LogP contribution in [0.15, 0.2) is 48.5 Å². The van der Waals surface area contributed by atoms with Gasteiger partial charge in [-0.2, -0.15) is 0 Å². The zero-order valence-corrected chi connectivity index (χ0v) is 13.8. The number of benzene rings is 2. The van der Waals surface area contributed by atoms with Gasteiger partial charge in [-0.15, -0.1) is 0 Å². The lowest BCUT2D eigenvalue weighted by molar-refractivity contribution is 0.0779. The summed E-state index contributed by atoms with van der Waals surface area (Å²) >= 11 is 0. The van der Waals surface area contributed by atoms with E-state index in [1.54, 1.807) is 4.90 Å². The fourth-order valence-electron chi connectivity index (χ4n) is 3.29. The van der Waals surface area contributed by atoms with E-state index in [4.69, 9.17) is 0 Å². The predicted octanol–water partition coefficient (Wildman–Crippen LogP) is 3.73. The molecular formula is C20H20FNO2. The summed E-state index contributed by atoms with van der Waals surface area (Å²) in [5, 5.41) is 0. The number of aryl methyl sites for hydroxylation is 1. The van der Waals surface area contributed by atoms with E-state index in [2.05, 4.69) is 0 Å². The van der Waals surface area contributed by atoms with Crippen molar-refractivity contribution in [2.24, 2.45) is 11.8 Å². The SMILES string of the molecule is Cc1ccccc1C(=O)N1CC(C(=O)c2ccc(F)cc2)[C@@H](C)C1. The van der Waals surface area contributed by atoms with E-state index in [0.717, 1.165) is 5.56 Å². The summed E-state index contributed by atoms with van der Waals surface area (Å²) in [6.45, 7) is 4.86. The van der Waals surface area contributed by atoms with Crippen molar-refractivity contribution < 1.29 is 14.0 Å². The highest BCUT2D eigenvalue weighted by Gasteiger charge is 2.37. The van der Waals surface area contributed by atoms with Crippen molar-refractivity contribution in [2.45, 2.75) is 13.8 Å². The van der Waals surface area contributed by atoms with Gasteiger partial charge in [0, 0.05) is 30.1 Å². The third-order valence-corrected chi connectivity index (χ3v) is 4.74. The molecule has 0 spiro atoms. The van der Waals surface area contributed by atoms with Gasteiger partial charge in [0.1, 0.15) is 5.82 Å². The van der Waals surface area contributed by atoms with E-state index >= 15 is 0 Å². The van der Waals surface area contributed by atoms with Gasteiger partial charge in [0.05, 0.1) is 0 Å². The summed E-state index contributed by atoms with van der Waals surface area (Å²) in [4.78, 5) is 27.2. The van der Waals surface area contributed by atoms with Crippen LogP contribution in [0.5, 0.6) is 0 Å². The number of ketones is 1. The van der Waals surface area contributed by atoms with Gasteiger partial charge in [0.25, 0.3) is 5.91 Å². The molecule has 2 aromatic rings.